The van der Waals surface area contributed by atoms with E-state index in [1.54, 1.807) is 0 Å². The van der Waals surface area contributed by atoms with Crippen LogP contribution >= 0.6 is 0 Å². The third-order valence-electron chi connectivity index (χ3n) is 3.27. The van der Waals surface area contributed by atoms with Crippen molar-refractivity contribution in [2.75, 3.05) is 24.4 Å². The maximum Gasteiger partial charge on any atom is 0.301 e. The molecular formula is C12H16F2N2O3S. The summed E-state index contributed by atoms with van der Waals surface area (Å²) in [6.07, 6.45) is 1.34. The lowest BCUT2D eigenvalue weighted by Gasteiger charge is -2.31. The van der Waals surface area contributed by atoms with Crippen LogP contribution in [0.2, 0.25) is 0 Å². The minimum absolute atomic E-state index is 0.111. The maximum absolute atomic E-state index is 13.5. The number of nitrogens with zero attached hydrogens (tertiary/aromatic N) is 1. The van der Waals surface area contributed by atoms with Gasteiger partial charge in [-0.25, -0.2) is 8.78 Å². The molecule has 20 heavy (non-hydrogen) atoms. The lowest BCUT2D eigenvalue weighted by atomic mass is 10.0. The molecule has 1 heterocycles. The number of benzene rings is 1. The number of hydrogen-bond acceptors (Lipinski definition) is 3. The lowest BCUT2D eigenvalue weighted by molar-refractivity contribution is 0.166. The number of halogens is 2. The Kier molecular flexibility index (Phi) is 4.56. The third-order valence-corrected chi connectivity index (χ3v) is 4.75. The van der Waals surface area contributed by atoms with Gasteiger partial charge >= 0.3 is 10.2 Å². The summed E-state index contributed by atoms with van der Waals surface area (Å²) in [5.41, 5.74) is -0.682. The van der Waals surface area contributed by atoms with Crippen molar-refractivity contribution in [3.8, 4) is 0 Å². The first-order valence-electron chi connectivity index (χ1n) is 6.27. The highest BCUT2D eigenvalue weighted by Crippen LogP contribution is 2.23. The van der Waals surface area contributed by atoms with E-state index in [0.717, 1.165) is 28.9 Å². The molecule has 0 radical (unpaired) electrons. The van der Waals surface area contributed by atoms with Gasteiger partial charge in [0.1, 0.15) is 17.3 Å². The molecule has 0 aromatic heterocycles. The van der Waals surface area contributed by atoms with Crippen molar-refractivity contribution in [3.63, 3.8) is 0 Å². The van der Waals surface area contributed by atoms with E-state index in [0.29, 0.717) is 6.42 Å². The molecule has 0 aliphatic carbocycles. The first-order chi connectivity index (χ1) is 9.44. The van der Waals surface area contributed by atoms with Crippen molar-refractivity contribution >= 4 is 15.9 Å². The Morgan fingerprint density at radius 1 is 1.35 bits per heavy atom. The summed E-state index contributed by atoms with van der Waals surface area (Å²) in [4.78, 5) is 0. The summed E-state index contributed by atoms with van der Waals surface area (Å²) in [6.45, 7) is 0.296. The van der Waals surface area contributed by atoms with Gasteiger partial charge in [0.2, 0.25) is 0 Å². The minimum atomic E-state index is -4.03. The number of hydrogen-bond donors (Lipinski definition) is 2. The van der Waals surface area contributed by atoms with Gasteiger partial charge in [0, 0.05) is 19.7 Å². The second kappa shape index (κ2) is 6.02. The number of aliphatic hydroxyl groups excluding tert-OH is 1. The van der Waals surface area contributed by atoms with Crippen molar-refractivity contribution in [2.45, 2.75) is 12.8 Å². The van der Waals surface area contributed by atoms with E-state index in [2.05, 4.69) is 0 Å². The van der Waals surface area contributed by atoms with Gasteiger partial charge in [-0.15, -0.1) is 0 Å². The zero-order valence-corrected chi connectivity index (χ0v) is 11.5. The Morgan fingerprint density at radius 2 is 2.00 bits per heavy atom. The Balaban J connectivity index is 2.19. The van der Waals surface area contributed by atoms with Crippen LogP contribution in [0.4, 0.5) is 14.5 Å². The van der Waals surface area contributed by atoms with E-state index in [-0.39, 0.29) is 25.6 Å². The standard InChI is InChI=1S/C12H16F2N2O3S/c13-10-4-1-5-11(14)12(10)15-20(18,19)16-6-2-3-9(7-16)8-17/h1,4-5,9,15,17H,2-3,6-8H2. The molecule has 1 atom stereocenters. The summed E-state index contributed by atoms with van der Waals surface area (Å²) in [6, 6.07) is 3.12. The van der Waals surface area contributed by atoms with Crippen molar-refractivity contribution in [1.29, 1.82) is 0 Å². The van der Waals surface area contributed by atoms with Crippen LogP contribution in [0, 0.1) is 17.6 Å². The summed E-state index contributed by atoms with van der Waals surface area (Å²) in [5, 5.41) is 9.09. The van der Waals surface area contributed by atoms with Crippen molar-refractivity contribution < 1.29 is 22.3 Å². The normalized spacial score (nSPS) is 20.9. The molecule has 1 saturated heterocycles. The van der Waals surface area contributed by atoms with E-state index in [9.17, 15) is 17.2 Å². The SMILES string of the molecule is O=S(=O)(Nc1c(F)cccc1F)N1CCCC(CO)C1. The third kappa shape index (κ3) is 3.25. The maximum atomic E-state index is 13.5. The van der Waals surface area contributed by atoms with Crippen molar-refractivity contribution in [2.24, 2.45) is 5.92 Å². The summed E-state index contributed by atoms with van der Waals surface area (Å²) < 4.78 is 54.2. The van der Waals surface area contributed by atoms with E-state index in [1.165, 1.54) is 0 Å². The quantitative estimate of drug-likeness (QED) is 0.881. The first-order valence-corrected chi connectivity index (χ1v) is 7.71. The van der Waals surface area contributed by atoms with Gasteiger partial charge in [-0.05, 0) is 30.9 Å². The molecule has 1 aliphatic rings. The summed E-state index contributed by atoms with van der Waals surface area (Å²) in [5.74, 6) is -2.08. The molecule has 0 spiro atoms. The van der Waals surface area contributed by atoms with Crippen LogP contribution < -0.4 is 4.72 Å². The Morgan fingerprint density at radius 3 is 2.60 bits per heavy atom. The van der Waals surface area contributed by atoms with Gasteiger partial charge in [0.25, 0.3) is 0 Å². The molecule has 2 rings (SSSR count). The fourth-order valence-corrected chi connectivity index (χ4v) is 3.54. The zero-order chi connectivity index (χ0) is 14.8. The van der Waals surface area contributed by atoms with E-state index in [4.69, 9.17) is 5.11 Å². The first kappa shape index (κ1) is 15.1. The number of para-hydroxylation sites is 1. The smallest absolute Gasteiger partial charge is 0.301 e. The van der Waals surface area contributed by atoms with E-state index < -0.39 is 27.5 Å². The van der Waals surface area contributed by atoms with Gasteiger partial charge in [0.15, 0.2) is 0 Å². The Labute approximate surface area is 116 Å². The number of aliphatic hydroxyl groups is 1. The van der Waals surface area contributed by atoms with Gasteiger partial charge in [0.05, 0.1) is 0 Å². The number of anilines is 1. The highest BCUT2D eigenvalue weighted by Gasteiger charge is 2.29. The molecular weight excluding hydrogens is 290 g/mol. The fourth-order valence-electron chi connectivity index (χ4n) is 2.18. The second-order valence-corrected chi connectivity index (χ2v) is 6.42. The fraction of sp³-hybridized carbons (Fsp3) is 0.500. The zero-order valence-electron chi connectivity index (χ0n) is 10.7. The Hall–Kier alpha value is -1.25. The molecule has 1 unspecified atom stereocenters. The van der Waals surface area contributed by atoms with Gasteiger partial charge in [-0.2, -0.15) is 12.7 Å². The monoisotopic (exact) mass is 306 g/mol. The topological polar surface area (TPSA) is 69.6 Å². The largest absolute Gasteiger partial charge is 0.396 e. The summed E-state index contributed by atoms with van der Waals surface area (Å²) >= 11 is 0. The number of rotatable bonds is 4. The number of piperidine rings is 1. The molecule has 1 aromatic rings. The molecule has 1 aromatic carbocycles. The average Bonchev–Trinajstić information content (AvgIpc) is 2.43. The molecule has 112 valence electrons. The van der Waals surface area contributed by atoms with Crippen LogP contribution in [-0.2, 0) is 10.2 Å². The van der Waals surface area contributed by atoms with E-state index >= 15 is 0 Å². The number of nitrogens with one attached hydrogen (secondary N) is 1. The van der Waals surface area contributed by atoms with Gasteiger partial charge in [-0.1, -0.05) is 6.07 Å². The molecule has 0 amide bonds. The van der Waals surface area contributed by atoms with E-state index in [1.807, 2.05) is 4.72 Å². The second-order valence-electron chi connectivity index (χ2n) is 4.75. The Bertz CT molecular complexity index is 560. The van der Waals surface area contributed by atoms with Crippen molar-refractivity contribution in [3.05, 3.63) is 29.8 Å². The molecule has 5 nitrogen and oxygen atoms in total. The van der Waals surface area contributed by atoms with Crippen LogP contribution in [0.15, 0.2) is 18.2 Å². The minimum Gasteiger partial charge on any atom is -0.396 e. The highest BCUT2D eigenvalue weighted by molar-refractivity contribution is 7.90. The predicted molar refractivity (Wildman–Crippen MR) is 70.3 cm³/mol. The molecule has 1 aliphatic heterocycles. The summed E-state index contributed by atoms with van der Waals surface area (Å²) in [7, 11) is -4.03. The average molecular weight is 306 g/mol. The highest BCUT2D eigenvalue weighted by atomic mass is 32.2. The molecule has 2 N–H and O–H groups in total. The van der Waals surface area contributed by atoms with Gasteiger partial charge < -0.3 is 5.11 Å². The van der Waals surface area contributed by atoms with Gasteiger partial charge in [-0.3, -0.25) is 4.72 Å². The molecule has 8 heteroatoms. The van der Waals surface area contributed by atoms with Crippen molar-refractivity contribution in [1.82, 2.24) is 4.31 Å². The molecule has 0 saturated carbocycles. The van der Waals surface area contributed by atoms with Crippen LogP contribution in [0.1, 0.15) is 12.8 Å². The predicted octanol–water partition coefficient (Wildman–Crippen LogP) is 1.33. The van der Waals surface area contributed by atoms with Crippen LogP contribution in [-0.4, -0.2) is 37.5 Å². The van der Waals surface area contributed by atoms with Crippen LogP contribution in [0.25, 0.3) is 0 Å². The molecule has 0 bridgehead atoms. The van der Waals surface area contributed by atoms with Crippen LogP contribution in [0.5, 0.6) is 0 Å². The van der Waals surface area contributed by atoms with Crippen LogP contribution in [0.3, 0.4) is 0 Å². The molecule has 1 fully saturated rings. The lowest BCUT2D eigenvalue weighted by Crippen LogP contribution is -2.43.